The van der Waals surface area contributed by atoms with Gasteiger partial charge < -0.3 is 10.8 Å². The molecule has 0 aliphatic heterocycles. The third-order valence-corrected chi connectivity index (χ3v) is 2.39. The van der Waals surface area contributed by atoms with Gasteiger partial charge in [0, 0.05) is 5.54 Å². The standard InChI is InChI=1S/C12H19NO/c1-8-5-6-10(7-12(3,4)13)9(2)11(8)14/h5-6,14H,7,13H2,1-4H3. The fourth-order valence-electron chi connectivity index (χ4n) is 1.56. The van der Waals surface area contributed by atoms with Crippen LogP contribution in [0.25, 0.3) is 0 Å². The molecule has 0 radical (unpaired) electrons. The first-order chi connectivity index (χ1) is 6.31. The van der Waals surface area contributed by atoms with Crippen molar-refractivity contribution in [1.82, 2.24) is 0 Å². The summed E-state index contributed by atoms with van der Waals surface area (Å²) in [6.45, 7) is 7.82. The van der Waals surface area contributed by atoms with Crippen LogP contribution in [0.3, 0.4) is 0 Å². The number of phenols is 1. The highest BCUT2D eigenvalue weighted by Gasteiger charge is 2.15. The zero-order chi connectivity index (χ0) is 10.9. The molecule has 0 spiro atoms. The van der Waals surface area contributed by atoms with Gasteiger partial charge in [-0.3, -0.25) is 0 Å². The normalized spacial score (nSPS) is 11.8. The summed E-state index contributed by atoms with van der Waals surface area (Å²) in [6, 6.07) is 3.97. The Morgan fingerprint density at radius 1 is 1.29 bits per heavy atom. The SMILES string of the molecule is Cc1ccc(CC(C)(C)N)c(C)c1O. The van der Waals surface area contributed by atoms with Gasteiger partial charge in [0.05, 0.1) is 0 Å². The Bertz CT molecular complexity index is 337. The molecule has 0 aliphatic carbocycles. The average molecular weight is 193 g/mol. The molecule has 0 unspecified atom stereocenters. The van der Waals surface area contributed by atoms with Crippen molar-refractivity contribution in [3.63, 3.8) is 0 Å². The molecule has 78 valence electrons. The van der Waals surface area contributed by atoms with Gasteiger partial charge in [-0.2, -0.15) is 0 Å². The molecule has 2 heteroatoms. The number of phenolic OH excluding ortho intramolecular Hbond substituents is 1. The van der Waals surface area contributed by atoms with Crippen LogP contribution in [0.4, 0.5) is 0 Å². The van der Waals surface area contributed by atoms with Crippen LogP contribution in [-0.4, -0.2) is 10.6 Å². The molecule has 0 saturated carbocycles. The van der Waals surface area contributed by atoms with E-state index < -0.39 is 0 Å². The zero-order valence-electron chi connectivity index (χ0n) is 9.39. The van der Waals surface area contributed by atoms with Gasteiger partial charge in [0.15, 0.2) is 0 Å². The average Bonchev–Trinajstić information content (AvgIpc) is 2.04. The molecular formula is C12H19NO. The molecule has 2 nitrogen and oxygen atoms in total. The number of hydrogen-bond donors (Lipinski definition) is 2. The van der Waals surface area contributed by atoms with E-state index in [-0.39, 0.29) is 5.54 Å². The lowest BCUT2D eigenvalue weighted by atomic mass is 9.92. The molecule has 1 aromatic carbocycles. The van der Waals surface area contributed by atoms with E-state index in [1.165, 1.54) is 0 Å². The maximum absolute atomic E-state index is 9.74. The third-order valence-electron chi connectivity index (χ3n) is 2.39. The van der Waals surface area contributed by atoms with Crippen LogP contribution in [0, 0.1) is 13.8 Å². The number of aromatic hydroxyl groups is 1. The summed E-state index contributed by atoms with van der Waals surface area (Å²) >= 11 is 0. The molecule has 0 heterocycles. The summed E-state index contributed by atoms with van der Waals surface area (Å²) in [5.41, 5.74) is 8.70. The Kier molecular flexibility index (Phi) is 2.86. The van der Waals surface area contributed by atoms with Crippen LogP contribution in [0.5, 0.6) is 5.75 Å². The maximum Gasteiger partial charge on any atom is 0.121 e. The minimum atomic E-state index is -0.230. The molecule has 1 rings (SSSR count). The predicted octanol–water partition coefficient (Wildman–Crippen LogP) is 2.29. The van der Waals surface area contributed by atoms with Crippen molar-refractivity contribution < 1.29 is 5.11 Å². The third kappa shape index (κ3) is 2.48. The molecule has 14 heavy (non-hydrogen) atoms. The molecule has 0 aliphatic rings. The van der Waals surface area contributed by atoms with Gasteiger partial charge in [-0.05, 0) is 50.8 Å². The molecular weight excluding hydrogens is 174 g/mol. The van der Waals surface area contributed by atoms with E-state index in [9.17, 15) is 5.11 Å². The summed E-state index contributed by atoms with van der Waals surface area (Å²) in [5.74, 6) is 0.395. The molecule has 0 fully saturated rings. The second-order valence-corrected chi connectivity index (χ2v) is 4.68. The molecule has 0 atom stereocenters. The number of rotatable bonds is 2. The van der Waals surface area contributed by atoms with Crippen molar-refractivity contribution in [3.8, 4) is 5.75 Å². The molecule has 1 aromatic rings. The first kappa shape index (κ1) is 11.1. The number of aryl methyl sites for hydroxylation is 1. The van der Waals surface area contributed by atoms with E-state index in [1.54, 1.807) is 0 Å². The second-order valence-electron chi connectivity index (χ2n) is 4.68. The number of nitrogens with two attached hydrogens (primary N) is 1. The largest absolute Gasteiger partial charge is 0.507 e. The van der Waals surface area contributed by atoms with Gasteiger partial charge in [0.1, 0.15) is 5.75 Å². The van der Waals surface area contributed by atoms with E-state index in [1.807, 2.05) is 39.8 Å². The van der Waals surface area contributed by atoms with Crippen LogP contribution in [0.1, 0.15) is 30.5 Å². The van der Waals surface area contributed by atoms with Gasteiger partial charge in [0.2, 0.25) is 0 Å². The van der Waals surface area contributed by atoms with Crippen molar-refractivity contribution in [2.45, 2.75) is 39.7 Å². The summed E-state index contributed by atoms with van der Waals surface area (Å²) in [5, 5.41) is 9.74. The van der Waals surface area contributed by atoms with Crippen molar-refractivity contribution in [1.29, 1.82) is 0 Å². The van der Waals surface area contributed by atoms with Gasteiger partial charge >= 0.3 is 0 Å². The Hall–Kier alpha value is -1.02. The minimum absolute atomic E-state index is 0.230. The van der Waals surface area contributed by atoms with Crippen molar-refractivity contribution in [2.75, 3.05) is 0 Å². The molecule has 0 aromatic heterocycles. The van der Waals surface area contributed by atoms with E-state index >= 15 is 0 Å². The predicted molar refractivity (Wildman–Crippen MR) is 59.6 cm³/mol. The minimum Gasteiger partial charge on any atom is -0.507 e. The highest BCUT2D eigenvalue weighted by molar-refractivity contribution is 5.44. The maximum atomic E-state index is 9.74. The van der Waals surface area contributed by atoms with Crippen LogP contribution in [0.2, 0.25) is 0 Å². The topological polar surface area (TPSA) is 46.2 Å². The van der Waals surface area contributed by atoms with Crippen molar-refractivity contribution >= 4 is 0 Å². The van der Waals surface area contributed by atoms with Crippen molar-refractivity contribution in [2.24, 2.45) is 5.73 Å². The fraction of sp³-hybridized carbons (Fsp3) is 0.500. The highest BCUT2D eigenvalue weighted by Crippen LogP contribution is 2.26. The number of benzene rings is 1. The van der Waals surface area contributed by atoms with Gasteiger partial charge in [-0.25, -0.2) is 0 Å². The van der Waals surface area contributed by atoms with Crippen molar-refractivity contribution in [3.05, 3.63) is 28.8 Å². The number of hydrogen-bond acceptors (Lipinski definition) is 2. The van der Waals surface area contributed by atoms with E-state index in [0.29, 0.717) is 5.75 Å². The molecule has 0 saturated heterocycles. The highest BCUT2D eigenvalue weighted by atomic mass is 16.3. The van der Waals surface area contributed by atoms with Gasteiger partial charge in [-0.15, -0.1) is 0 Å². The first-order valence-electron chi connectivity index (χ1n) is 4.88. The Balaban J connectivity index is 3.06. The summed E-state index contributed by atoms with van der Waals surface area (Å²) < 4.78 is 0. The molecule has 0 bridgehead atoms. The molecule has 0 amide bonds. The van der Waals surface area contributed by atoms with E-state index in [0.717, 1.165) is 23.1 Å². The quantitative estimate of drug-likeness (QED) is 0.757. The molecule has 3 N–H and O–H groups in total. The Morgan fingerprint density at radius 3 is 2.36 bits per heavy atom. The van der Waals surface area contributed by atoms with Crippen LogP contribution in [0.15, 0.2) is 12.1 Å². The van der Waals surface area contributed by atoms with Crippen LogP contribution >= 0.6 is 0 Å². The lowest BCUT2D eigenvalue weighted by Crippen LogP contribution is -2.34. The summed E-state index contributed by atoms with van der Waals surface area (Å²) in [4.78, 5) is 0. The van der Waals surface area contributed by atoms with Gasteiger partial charge in [-0.1, -0.05) is 12.1 Å². The smallest absolute Gasteiger partial charge is 0.121 e. The lowest BCUT2D eigenvalue weighted by molar-refractivity contribution is 0.462. The Morgan fingerprint density at radius 2 is 1.86 bits per heavy atom. The summed E-state index contributed by atoms with van der Waals surface area (Å²) in [6.07, 6.45) is 0.784. The van der Waals surface area contributed by atoms with Crippen LogP contribution < -0.4 is 5.73 Å². The first-order valence-corrected chi connectivity index (χ1v) is 4.88. The summed E-state index contributed by atoms with van der Waals surface area (Å²) in [7, 11) is 0. The fourth-order valence-corrected chi connectivity index (χ4v) is 1.56. The zero-order valence-corrected chi connectivity index (χ0v) is 9.39. The monoisotopic (exact) mass is 193 g/mol. The second kappa shape index (κ2) is 3.62. The van der Waals surface area contributed by atoms with E-state index in [4.69, 9.17) is 5.73 Å². The lowest BCUT2D eigenvalue weighted by Gasteiger charge is -2.20. The Labute approximate surface area is 85.8 Å². The van der Waals surface area contributed by atoms with Crippen LogP contribution in [-0.2, 0) is 6.42 Å². The van der Waals surface area contributed by atoms with Gasteiger partial charge in [0.25, 0.3) is 0 Å². The van der Waals surface area contributed by atoms with E-state index in [2.05, 4.69) is 0 Å².